The minimum Gasteiger partial charge on any atom is -0.394 e. The van der Waals surface area contributed by atoms with Gasteiger partial charge in [0.2, 0.25) is 5.95 Å². The summed E-state index contributed by atoms with van der Waals surface area (Å²) in [7, 11) is 0. The van der Waals surface area contributed by atoms with Gasteiger partial charge in [0.25, 0.3) is 5.56 Å². The van der Waals surface area contributed by atoms with Crippen molar-refractivity contribution in [1.82, 2.24) is 39.5 Å². The van der Waals surface area contributed by atoms with Gasteiger partial charge in [-0.3, -0.25) is 14.3 Å². The number of anilines is 2. The molecule has 5 rings (SSSR count). The van der Waals surface area contributed by atoms with Gasteiger partial charge in [-0.1, -0.05) is 0 Å². The molecule has 1 aliphatic heterocycles. The second-order valence-corrected chi connectivity index (χ2v) is 6.36. The summed E-state index contributed by atoms with van der Waals surface area (Å²) in [6.45, 7) is -0.390. The highest BCUT2D eigenvalue weighted by Gasteiger charge is 2.43. The molecule has 5 heterocycles. The maximum Gasteiger partial charge on any atom is 0.280 e. The SMILES string of the molecule is Nc1nc2[nH]cnc2c(=O)[nH]1.Nc1ncnc2c1ncn2[C@@H]1O[C@H](CO)[C@@H](O)[C@H]1O. The summed E-state index contributed by atoms with van der Waals surface area (Å²) in [4.78, 5) is 35.4. The minimum absolute atomic E-state index is 0.0896. The lowest BCUT2D eigenvalue weighted by atomic mass is 10.1. The predicted molar refractivity (Wildman–Crippen MR) is 102 cm³/mol. The van der Waals surface area contributed by atoms with E-state index in [1.165, 1.54) is 23.5 Å². The third kappa shape index (κ3) is 3.30. The van der Waals surface area contributed by atoms with Gasteiger partial charge >= 0.3 is 0 Å². The molecule has 4 atom stereocenters. The molecule has 0 amide bonds. The lowest BCUT2D eigenvalue weighted by molar-refractivity contribution is -0.0511. The molecule has 158 valence electrons. The van der Waals surface area contributed by atoms with Crippen LogP contribution >= 0.6 is 0 Å². The fourth-order valence-electron chi connectivity index (χ4n) is 3.03. The van der Waals surface area contributed by atoms with E-state index in [1.54, 1.807) is 0 Å². The lowest BCUT2D eigenvalue weighted by Gasteiger charge is -2.16. The summed E-state index contributed by atoms with van der Waals surface area (Å²) < 4.78 is 6.85. The van der Waals surface area contributed by atoms with Gasteiger partial charge in [-0.05, 0) is 0 Å². The Labute approximate surface area is 166 Å². The molecular formula is C15H18N10O5. The van der Waals surface area contributed by atoms with Crippen molar-refractivity contribution in [3.05, 3.63) is 29.3 Å². The van der Waals surface area contributed by atoms with Crippen LogP contribution in [0.3, 0.4) is 0 Å². The molecule has 4 aromatic heterocycles. The minimum atomic E-state index is -1.19. The topological polar surface area (TPSA) is 240 Å². The van der Waals surface area contributed by atoms with E-state index in [0.717, 1.165) is 0 Å². The van der Waals surface area contributed by atoms with Crippen molar-refractivity contribution in [3.8, 4) is 0 Å². The van der Waals surface area contributed by atoms with Crippen molar-refractivity contribution in [2.24, 2.45) is 0 Å². The summed E-state index contributed by atoms with van der Waals surface area (Å²) in [5.41, 5.74) is 12.1. The van der Waals surface area contributed by atoms with Gasteiger partial charge in [-0.2, -0.15) is 4.98 Å². The second-order valence-electron chi connectivity index (χ2n) is 6.36. The number of rotatable bonds is 2. The molecule has 0 aliphatic carbocycles. The molecule has 1 saturated heterocycles. The maximum atomic E-state index is 11.0. The number of nitrogens with one attached hydrogen (secondary N) is 2. The van der Waals surface area contributed by atoms with E-state index < -0.39 is 31.1 Å². The van der Waals surface area contributed by atoms with Crippen LogP contribution in [0.15, 0.2) is 23.8 Å². The number of fused-ring (bicyclic) bond motifs is 2. The standard InChI is InChI=1S/C10H13N5O4.C5H5N5O/c11-8-5-9(13-2-12-8)15(3-14-5)10-7(18)6(17)4(1-16)19-10;6-5-9-3-2(4(11)10-5)7-1-8-3/h2-4,6-7,10,16-18H,1H2,(H2,11,12,13);1H,(H4,6,7,8,9,10,11)/t4-,6-,7-,10-;/m1./s1. The molecule has 1 fully saturated rings. The Kier molecular flexibility index (Phi) is 5.00. The van der Waals surface area contributed by atoms with Gasteiger partial charge < -0.3 is 36.5 Å². The first-order valence-electron chi connectivity index (χ1n) is 8.65. The molecule has 30 heavy (non-hydrogen) atoms. The second kappa shape index (κ2) is 7.64. The number of ether oxygens (including phenoxy) is 1. The van der Waals surface area contributed by atoms with Gasteiger partial charge in [0.15, 0.2) is 28.9 Å². The number of H-pyrrole nitrogens is 2. The van der Waals surface area contributed by atoms with E-state index >= 15 is 0 Å². The van der Waals surface area contributed by atoms with Crippen LogP contribution in [0.4, 0.5) is 11.8 Å². The van der Waals surface area contributed by atoms with Crippen LogP contribution in [0, 0.1) is 0 Å². The van der Waals surface area contributed by atoms with Gasteiger partial charge in [0.05, 0.1) is 19.3 Å². The van der Waals surface area contributed by atoms with Crippen molar-refractivity contribution in [2.75, 3.05) is 18.1 Å². The van der Waals surface area contributed by atoms with Gasteiger partial charge in [-0.25, -0.2) is 19.9 Å². The van der Waals surface area contributed by atoms with E-state index in [1.807, 2.05) is 0 Å². The van der Waals surface area contributed by atoms with Crippen LogP contribution in [-0.2, 0) is 4.74 Å². The first kappa shape index (κ1) is 19.6. The Morgan fingerprint density at radius 1 is 1.13 bits per heavy atom. The largest absolute Gasteiger partial charge is 0.394 e. The number of aromatic nitrogens is 8. The molecular weight excluding hydrogens is 400 g/mol. The number of aromatic amines is 2. The first-order valence-corrected chi connectivity index (χ1v) is 8.65. The van der Waals surface area contributed by atoms with Gasteiger partial charge in [0, 0.05) is 0 Å². The van der Waals surface area contributed by atoms with Crippen molar-refractivity contribution in [1.29, 1.82) is 0 Å². The Bertz CT molecular complexity index is 1240. The molecule has 0 saturated carbocycles. The van der Waals surface area contributed by atoms with E-state index in [9.17, 15) is 15.0 Å². The van der Waals surface area contributed by atoms with E-state index in [4.69, 9.17) is 21.3 Å². The summed E-state index contributed by atoms with van der Waals surface area (Å²) >= 11 is 0. The van der Waals surface area contributed by atoms with Crippen molar-refractivity contribution >= 4 is 34.1 Å². The fraction of sp³-hybridized carbons (Fsp3) is 0.333. The van der Waals surface area contributed by atoms with Gasteiger partial charge in [-0.15, -0.1) is 0 Å². The summed E-state index contributed by atoms with van der Waals surface area (Å²) in [6, 6.07) is 0. The highest BCUT2D eigenvalue weighted by Crippen LogP contribution is 2.31. The normalized spacial score (nSPS) is 23.6. The van der Waals surface area contributed by atoms with Crippen LogP contribution in [0.1, 0.15) is 6.23 Å². The Hall–Kier alpha value is -3.66. The number of hydrogen-bond acceptors (Lipinski definition) is 12. The smallest absolute Gasteiger partial charge is 0.280 e. The lowest BCUT2D eigenvalue weighted by Crippen LogP contribution is -2.33. The molecule has 1 aliphatic rings. The average Bonchev–Trinajstić information content (AvgIpc) is 3.42. The number of nitrogens with two attached hydrogens (primary N) is 2. The highest BCUT2D eigenvalue weighted by molar-refractivity contribution is 5.81. The van der Waals surface area contributed by atoms with Crippen LogP contribution in [0.25, 0.3) is 22.3 Å². The molecule has 0 radical (unpaired) electrons. The fourth-order valence-corrected chi connectivity index (χ4v) is 3.03. The zero-order valence-electron chi connectivity index (χ0n) is 15.2. The van der Waals surface area contributed by atoms with Crippen LogP contribution in [0.5, 0.6) is 0 Å². The summed E-state index contributed by atoms with van der Waals surface area (Å²) in [5.74, 6) is 0.308. The van der Waals surface area contributed by atoms with Crippen molar-refractivity contribution in [3.63, 3.8) is 0 Å². The number of nitrogens with zero attached hydrogens (tertiary/aromatic N) is 6. The number of aliphatic hydroxyl groups is 3. The first-order chi connectivity index (χ1) is 14.4. The zero-order chi connectivity index (χ0) is 21.4. The molecule has 0 aromatic carbocycles. The summed E-state index contributed by atoms with van der Waals surface area (Å²) in [6.07, 6.45) is -0.0278. The number of hydrogen-bond donors (Lipinski definition) is 7. The Balaban J connectivity index is 0.000000168. The third-order valence-corrected chi connectivity index (χ3v) is 4.49. The highest BCUT2D eigenvalue weighted by atomic mass is 16.6. The monoisotopic (exact) mass is 418 g/mol. The van der Waals surface area contributed by atoms with Gasteiger partial charge in [0.1, 0.15) is 30.2 Å². The molecule has 4 aromatic rings. The zero-order valence-corrected chi connectivity index (χ0v) is 15.2. The Morgan fingerprint density at radius 3 is 2.67 bits per heavy atom. The van der Waals surface area contributed by atoms with Crippen molar-refractivity contribution in [2.45, 2.75) is 24.5 Å². The van der Waals surface area contributed by atoms with E-state index in [2.05, 4.69) is 34.9 Å². The predicted octanol–water partition coefficient (Wildman–Crippen LogP) is -2.75. The number of imidazole rings is 2. The molecule has 15 heteroatoms. The quantitative estimate of drug-likeness (QED) is 0.175. The van der Waals surface area contributed by atoms with Crippen LogP contribution < -0.4 is 17.0 Å². The maximum absolute atomic E-state index is 11.0. The van der Waals surface area contributed by atoms with Crippen LogP contribution in [0.2, 0.25) is 0 Å². The molecule has 9 N–H and O–H groups in total. The van der Waals surface area contributed by atoms with E-state index in [0.29, 0.717) is 16.8 Å². The molecule has 0 unspecified atom stereocenters. The average molecular weight is 418 g/mol. The summed E-state index contributed by atoms with van der Waals surface area (Å²) in [5, 5.41) is 28.7. The van der Waals surface area contributed by atoms with Crippen LogP contribution in [-0.4, -0.2) is 79.7 Å². The molecule has 0 bridgehead atoms. The number of nitrogen functional groups attached to an aromatic ring is 2. The van der Waals surface area contributed by atoms with E-state index in [-0.39, 0.29) is 22.8 Å². The number of aliphatic hydroxyl groups excluding tert-OH is 3. The molecule has 0 spiro atoms. The Morgan fingerprint density at radius 2 is 1.93 bits per heavy atom. The van der Waals surface area contributed by atoms with Crippen molar-refractivity contribution < 1.29 is 20.1 Å². The molecule has 15 nitrogen and oxygen atoms in total. The third-order valence-electron chi connectivity index (χ3n) is 4.49.